The van der Waals surface area contributed by atoms with Crippen LogP contribution in [0, 0.1) is 6.92 Å². The van der Waals surface area contributed by atoms with Gasteiger partial charge in [-0.3, -0.25) is 4.79 Å². The minimum atomic E-state index is -0.177. The van der Waals surface area contributed by atoms with Gasteiger partial charge in [0.2, 0.25) is 0 Å². The highest BCUT2D eigenvalue weighted by Gasteiger charge is 2.22. The first-order valence-electron chi connectivity index (χ1n) is 6.90. The molecule has 0 saturated carbocycles. The van der Waals surface area contributed by atoms with E-state index in [0.717, 1.165) is 11.3 Å². The van der Waals surface area contributed by atoms with E-state index in [1.54, 1.807) is 14.0 Å². The van der Waals surface area contributed by atoms with Crippen molar-refractivity contribution in [1.29, 1.82) is 0 Å². The van der Waals surface area contributed by atoms with E-state index in [1.807, 2.05) is 38.1 Å². The first-order valence-corrected chi connectivity index (χ1v) is 6.90. The van der Waals surface area contributed by atoms with Gasteiger partial charge in [-0.1, -0.05) is 37.2 Å². The fourth-order valence-corrected chi connectivity index (χ4v) is 2.17. The van der Waals surface area contributed by atoms with Gasteiger partial charge in [-0.25, -0.2) is 0 Å². The van der Waals surface area contributed by atoms with Crippen molar-refractivity contribution in [2.75, 3.05) is 7.11 Å². The molecule has 1 heterocycles. The molecule has 0 aliphatic heterocycles. The molecular weight excluding hydrogens is 268 g/mol. The molecule has 0 aliphatic rings. The molecule has 2 rings (SSSR count). The van der Waals surface area contributed by atoms with Crippen molar-refractivity contribution in [1.82, 2.24) is 10.5 Å². The molecule has 1 aromatic heterocycles. The first kappa shape index (κ1) is 15.1. The zero-order valence-corrected chi connectivity index (χ0v) is 12.8. The summed E-state index contributed by atoms with van der Waals surface area (Å²) in [6.07, 6.45) is 0. The number of aryl methyl sites for hydroxylation is 1. The molecular formula is C16H20N2O3. The van der Waals surface area contributed by atoms with Crippen LogP contribution in [-0.4, -0.2) is 18.2 Å². The Hall–Kier alpha value is -2.30. The fourth-order valence-electron chi connectivity index (χ4n) is 2.17. The van der Waals surface area contributed by atoms with Gasteiger partial charge >= 0.3 is 0 Å². The number of benzene rings is 1. The van der Waals surface area contributed by atoms with Crippen molar-refractivity contribution >= 4 is 5.91 Å². The number of amides is 1. The molecule has 0 aliphatic carbocycles. The second-order valence-electron chi connectivity index (χ2n) is 5.16. The fraction of sp³-hybridized carbons (Fsp3) is 0.375. The molecule has 2 aromatic rings. The van der Waals surface area contributed by atoms with Crippen LogP contribution in [0.25, 0.3) is 0 Å². The lowest BCUT2D eigenvalue weighted by Crippen LogP contribution is -2.24. The summed E-state index contributed by atoms with van der Waals surface area (Å²) in [7, 11) is 1.61. The van der Waals surface area contributed by atoms with E-state index in [0.29, 0.717) is 23.6 Å². The second-order valence-corrected chi connectivity index (χ2v) is 5.16. The number of carbonyl (C=O) groups excluding carboxylic acids is 1. The molecule has 1 amide bonds. The predicted molar refractivity (Wildman–Crippen MR) is 79.5 cm³/mol. The highest BCUT2D eigenvalue weighted by molar-refractivity contribution is 5.96. The summed E-state index contributed by atoms with van der Waals surface area (Å²) >= 11 is 0. The van der Waals surface area contributed by atoms with Crippen molar-refractivity contribution in [2.24, 2.45) is 0 Å². The number of nitrogens with one attached hydrogen (secondary N) is 1. The van der Waals surface area contributed by atoms with Gasteiger partial charge < -0.3 is 14.6 Å². The van der Waals surface area contributed by atoms with E-state index in [-0.39, 0.29) is 11.8 Å². The lowest BCUT2D eigenvalue weighted by atomic mass is 10.0. The summed E-state index contributed by atoms with van der Waals surface area (Å²) in [5.74, 6) is 1.30. The van der Waals surface area contributed by atoms with Crippen molar-refractivity contribution in [3.05, 3.63) is 46.8 Å². The Morgan fingerprint density at radius 3 is 2.76 bits per heavy atom. The largest absolute Gasteiger partial charge is 0.496 e. The highest BCUT2D eigenvalue weighted by atomic mass is 16.5. The Bertz CT molecular complexity index is 632. The second kappa shape index (κ2) is 6.43. The standard InChI is InChI=1S/C16H20N2O3/c1-10(2)15-14(11(3)18-21-15)16(19)17-9-12-7-5-6-8-13(12)20-4/h5-8,10H,9H2,1-4H3,(H,17,19). The Morgan fingerprint density at radius 2 is 2.10 bits per heavy atom. The minimum absolute atomic E-state index is 0.109. The van der Waals surface area contributed by atoms with E-state index in [2.05, 4.69) is 10.5 Å². The summed E-state index contributed by atoms with van der Waals surface area (Å²) in [6.45, 7) is 6.10. The summed E-state index contributed by atoms with van der Waals surface area (Å²) in [5, 5.41) is 6.78. The SMILES string of the molecule is COc1ccccc1CNC(=O)c1c(C)noc1C(C)C. The van der Waals surface area contributed by atoms with Crippen LogP contribution in [0.4, 0.5) is 0 Å². The van der Waals surface area contributed by atoms with Gasteiger partial charge in [0.1, 0.15) is 11.3 Å². The van der Waals surface area contributed by atoms with E-state index >= 15 is 0 Å². The van der Waals surface area contributed by atoms with Crippen LogP contribution in [-0.2, 0) is 6.54 Å². The average molecular weight is 288 g/mol. The van der Waals surface area contributed by atoms with Gasteiger partial charge in [-0.05, 0) is 13.0 Å². The van der Waals surface area contributed by atoms with E-state index in [4.69, 9.17) is 9.26 Å². The number of hydrogen-bond donors (Lipinski definition) is 1. The zero-order valence-electron chi connectivity index (χ0n) is 12.8. The Balaban J connectivity index is 2.14. The van der Waals surface area contributed by atoms with E-state index in [1.165, 1.54) is 0 Å². The van der Waals surface area contributed by atoms with Gasteiger partial charge in [-0.15, -0.1) is 0 Å². The number of rotatable bonds is 5. The van der Waals surface area contributed by atoms with Gasteiger partial charge in [0, 0.05) is 18.0 Å². The Labute approximate surface area is 124 Å². The van der Waals surface area contributed by atoms with Crippen molar-refractivity contribution in [3.8, 4) is 5.75 Å². The van der Waals surface area contributed by atoms with Crippen molar-refractivity contribution < 1.29 is 14.1 Å². The molecule has 0 unspecified atom stereocenters. The van der Waals surface area contributed by atoms with Gasteiger partial charge in [0.05, 0.1) is 12.8 Å². The predicted octanol–water partition coefficient (Wildman–Crippen LogP) is 3.05. The molecule has 0 bridgehead atoms. The molecule has 112 valence electrons. The maximum atomic E-state index is 12.4. The molecule has 1 N–H and O–H groups in total. The van der Waals surface area contributed by atoms with Crippen molar-refractivity contribution in [3.63, 3.8) is 0 Å². The quantitative estimate of drug-likeness (QED) is 0.918. The van der Waals surface area contributed by atoms with Gasteiger partial charge in [0.25, 0.3) is 5.91 Å². The van der Waals surface area contributed by atoms with Crippen LogP contribution in [0.15, 0.2) is 28.8 Å². The summed E-state index contributed by atoms with van der Waals surface area (Å²) < 4.78 is 10.5. The van der Waals surface area contributed by atoms with Crippen LogP contribution in [0.3, 0.4) is 0 Å². The van der Waals surface area contributed by atoms with E-state index in [9.17, 15) is 4.79 Å². The summed E-state index contributed by atoms with van der Waals surface area (Å²) in [5.41, 5.74) is 2.06. The topological polar surface area (TPSA) is 64.4 Å². The third-order valence-electron chi connectivity index (χ3n) is 3.27. The molecule has 0 saturated heterocycles. The van der Waals surface area contributed by atoms with Crippen LogP contribution < -0.4 is 10.1 Å². The molecule has 5 nitrogen and oxygen atoms in total. The third kappa shape index (κ3) is 3.24. The number of para-hydroxylation sites is 1. The lowest BCUT2D eigenvalue weighted by molar-refractivity contribution is 0.0947. The monoisotopic (exact) mass is 288 g/mol. The molecule has 0 radical (unpaired) electrons. The molecule has 1 aromatic carbocycles. The molecule has 0 spiro atoms. The summed E-state index contributed by atoms with van der Waals surface area (Å²) in [4.78, 5) is 12.4. The molecule has 21 heavy (non-hydrogen) atoms. The number of nitrogens with zero attached hydrogens (tertiary/aromatic N) is 1. The number of methoxy groups -OCH3 is 1. The zero-order chi connectivity index (χ0) is 15.4. The van der Waals surface area contributed by atoms with Crippen LogP contribution in [0.2, 0.25) is 0 Å². The van der Waals surface area contributed by atoms with Crippen LogP contribution in [0.5, 0.6) is 5.75 Å². The number of carbonyl (C=O) groups is 1. The van der Waals surface area contributed by atoms with Crippen molar-refractivity contribution in [2.45, 2.75) is 33.2 Å². The third-order valence-corrected chi connectivity index (χ3v) is 3.27. The normalized spacial score (nSPS) is 10.7. The van der Waals surface area contributed by atoms with Crippen LogP contribution in [0.1, 0.15) is 47.1 Å². The lowest BCUT2D eigenvalue weighted by Gasteiger charge is -2.10. The Morgan fingerprint density at radius 1 is 1.38 bits per heavy atom. The molecule has 0 atom stereocenters. The van der Waals surface area contributed by atoms with Gasteiger partial charge in [-0.2, -0.15) is 0 Å². The smallest absolute Gasteiger partial charge is 0.257 e. The summed E-state index contributed by atoms with van der Waals surface area (Å²) in [6, 6.07) is 7.59. The number of ether oxygens (including phenoxy) is 1. The Kier molecular flexibility index (Phi) is 4.62. The maximum Gasteiger partial charge on any atom is 0.257 e. The van der Waals surface area contributed by atoms with E-state index < -0.39 is 0 Å². The molecule has 0 fully saturated rings. The van der Waals surface area contributed by atoms with Gasteiger partial charge in [0.15, 0.2) is 5.76 Å². The first-order chi connectivity index (χ1) is 10.0. The van der Waals surface area contributed by atoms with Crippen LogP contribution >= 0.6 is 0 Å². The highest BCUT2D eigenvalue weighted by Crippen LogP contribution is 2.22. The number of hydrogen-bond acceptors (Lipinski definition) is 4. The number of aromatic nitrogens is 1. The maximum absolute atomic E-state index is 12.4. The molecule has 5 heteroatoms. The minimum Gasteiger partial charge on any atom is -0.496 e. The average Bonchev–Trinajstić information content (AvgIpc) is 2.87.